The average Bonchev–Trinajstić information content (AvgIpc) is 3.42. The van der Waals surface area contributed by atoms with Crippen molar-refractivity contribution in [3.8, 4) is 0 Å². The van der Waals surface area contributed by atoms with E-state index >= 15 is 0 Å². The third-order valence-electron chi connectivity index (χ3n) is 6.21. The van der Waals surface area contributed by atoms with Crippen molar-refractivity contribution in [3.63, 3.8) is 0 Å². The lowest BCUT2D eigenvalue weighted by atomic mass is 9.99. The fourth-order valence-electron chi connectivity index (χ4n) is 4.71. The summed E-state index contributed by atoms with van der Waals surface area (Å²) >= 11 is 6.35. The summed E-state index contributed by atoms with van der Waals surface area (Å²) in [5, 5.41) is 5.26. The van der Waals surface area contributed by atoms with Gasteiger partial charge in [0.1, 0.15) is 5.82 Å². The van der Waals surface area contributed by atoms with Crippen molar-refractivity contribution in [1.82, 2.24) is 19.5 Å². The summed E-state index contributed by atoms with van der Waals surface area (Å²) in [6, 6.07) is 1.98. The second-order valence-electron chi connectivity index (χ2n) is 8.77. The molecular formula is C25H32ClN5O. The predicted octanol–water partition coefficient (Wildman–Crippen LogP) is 5.34. The van der Waals surface area contributed by atoms with Gasteiger partial charge >= 0.3 is 0 Å². The number of aryl methyl sites for hydroxylation is 1. The van der Waals surface area contributed by atoms with Crippen LogP contribution in [0.5, 0.6) is 0 Å². The van der Waals surface area contributed by atoms with Gasteiger partial charge in [-0.15, -0.1) is 0 Å². The molecule has 1 amide bonds. The van der Waals surface area contributed by atoms with Crippen molar-refractivity contribution < 1.29 is 4.79 Å². The van der Waals surface area contributed by atoms with Crippen molar-refractivity contribution >= 4 is 29.0 Å². The van der Waals surface area contributed by atoms with Crippen LogP contribution >= 0.6 is 11.6 Å². The molecule has 0 spiro atoms. The van der Waals surface area contributed by atoms with Crippen LogP contribution in [-0.2, 0) is 4.79 Å². The summed E-state index contributed by atoms with van der Waals surface area (Å²) in [4.78, 5) is 22.3. The van der Waals surface area contributed by atoms with Gasteiger partial charge in [0.05, 0.1) is 11.7 Å². The molecule has 4 heterocycles. The van der Waals surface area contributed by atoms with Gasteiger partial charge in [-0.1, -0.05) is 23.8 Å². The third-order valence-corrected chi connectivity index (χ3v) is 6.43. The SMILES string of the molecule is C\C=C/C(C)=C\C(Cl)=C\C(=O)N1CCCC[C@H]1c1cc2nc(N3CCCC3)c(C)cn2n1. The molecule has 0 aromatic carbocycles. The Labute approximate surface area is 195 Å². The highest BCUT2D eigenvalue weighted by Gasteiger charge is 2.29. The van der Waals surface area contributed by atoms with Crippen molar-refractivity contribution in [2.24, 2.45) is 0 Å². The molecular weight excluding hydrogens is 422 g/mol. The van der Waals surface area contributed by atoms with E-state index < -0.39 is 0 Å². The number of allylic oxidation sites excluding steroid dienone is 5. The van der Waals surface area contributed by atoms with Gasteiger partial charge in [-0.25, -0.2) is 9.50 Å². The molecule has 170 valence electrons. The topological polar surface area (TPSA) is 53.7 Å². The second kappa shape index (κ2) is 9.90. The molecule has 6 nitrogen and oxygen atoms in total. The Morgan fingerprint density at radius 2 is 1.91 bits per heavy atom. The number of carbonyl (C=O) groups excluding carboxylic acids is 1. The number of likely N-dealkylation sites (tertiary alicyclic amines) is 1. The van der Waals surface area contributed by atoms with E-state index in [9.17, 15) is 4.79 Å². The number of fused-ring (bicyclic) bond motifs is 1. The highest BCUT2D eigenvalue weighted by molar-refractivity contribution is 6.32. The van der Waals surface area contributed by atoms with Crippen molar-refractivity contribution in [2.75, 3.05) is 24.5 Å². The van der Waals surface area contributed by atoms with Crippen LogP contribution in [-0.4, -0.2) is 45.0 Å². The molecule has 2 saturated heterocycles. The van der Waals surface area contributed by atoms with E-state index in [4.69, 9.17) is 21.7 Å². The predicted molar refractivity (Wildman–Crippen MR) is 130 cm³/mol. The zero-order chi connectivity index (χ0) is 22.7. The Morgan fingerprint density at radius 1 is 1.16 bits per heavy atom. The molecule has 2 fully saturated rings. The van der Waals surface area contributed by atoms with E-state index in [1.54, 1.807) is 0 Å². The van der Waals surface area contributed by atoms with Gasteiger partial charge < -0.3 is 9.80 Å². The molecule has 2 aliphatic heterocycles. The number of halogens is 1. The smallest absolute Gasteiger partial charge is 0.248 e. The lowest BCUT2D eigenvalue weighted by Crippen LogP contribution is -2.37. The first-order valence-electron chi connectivity index (χ1n) is 11.6. The summed E-state index contributed by atoms with van der Waals surface area (Å²) in [7, 11) is 0. The summed E-state index contributed by atoms with van der Waals surface area (Å²) in [5.74, 6) is 0.985. The van der Waals surface area contributed by atoms with Crippen LogP contribution in [0.2, 0.25) is 0 Å². The van der Waals surface area contributed by atoms with E-state index in [0.717, 1.165) is 60.6 Å². The van der Waals surface area contributed by atoms with E-state index in [1.807, 2.05) is 47.6 Å². The van der Waals surface area contributed by atoms with Gasteiger partial charge in [0.15, 0.2) is 5.65 Å². The summed E-state index contributed by atoms with van der Waals surface area (Å²) in [6.45, 7) is 8.84. The minimum atomic E-state index is -0.0665. The first-order valence-corrected chi connectivity index (χ1v) is 11.9. The fourth-order valence-corrected chi connectivity index (χ4v) is 4.97. The van der Waals surface area contributed by atoms with Crippen molar-refractivity contribution in [3.05, 3.63) is 58.4 Å². The molecule has 0 radical (unpaired) electrons. The third kappa shape index (κ3) is 4.90. The zero-order valence-corrected chi connectivity index (χ0v) is 20.0. The fraction of sp³-hybridized carbons (Fsp3) is 0.480. The van der Waals surface area contributed by atoms with Gasteiger partial charge in [0.2, 0.25) is 5.91 Å². The van der Waals surface area contributed by atoms with Gasteiger partial charge in [-0.3, -0.25) is 4.79 Å². The van der Waals surface area contributed by atoms with Crippen LogP contribution < -0.4 is 4.90 Å². The van der Waals surface area contributed by atoms with Gasteiger partial charge in [-0.05, 0) is 64.5 Å². The minimum Gasteiger partial charge on any atom is -0.356 e. The van der Waals surface area contributed by atoms with Crippen LogP contribution in [0.4, 0.5) is 5.82 Å². The van der Waals surface area contributed by atoms with E-state index in [2.05, 4.69) is 18.0 Å². The Bertz CT molecular complexity index is 1080. The number of amides is 1. The number of carbonyl (C=O) groups is 1. The highest BCUT2D eigenvalue weighted by Crippen LogP contribution is 2.32. The largest absolute Gasteiger partial charge is 0.356 e. The molecule has 2 aromatic rings. The standard InChI is InChI=1S/C25H32ClN5O/c1-4-9-18(2)14-20(26)15-24(32)30-13-6-5-10-22(30)21-16-23-27-25(29-11-7-8-12-29)19(3)17-31(23)28-21/h4,9,14-17,22H,5-8,10-13H2,1-3H3/b9-4-,18-14-,20-15-/t22-/m0/s1. The molecule has 0 aliphatic carbocycles. The van der Waals surface area contributed by atoms with E-state index in [-0.39, 0.29) is 11.9 Å². The highest BCUT2D eigenvalue weighted by atomic mass is 35.5. The lowest BCUT2D eigenvalue weighted by molar-refractivity contribution is -0.129. The number of aromatic nitrogens is 3. The summed E-state index contributed by atoms with van der Waals surface area (Å²) in [5.41, 5.74) is 3.87. The number of rotatable bonds is 5. The molecule has 4 rings (SSSR count). The number of piperidine rings is 1. The Morgan fingerprint density at radius 3 is 2.66 bits per heavy atom. The lowest BCUT2D eigenvalue weighted by Gasteiger charge is -2.34. The summed E-state index contributed by atoms with van der Waals surface area (Å²) in [6.07, 6.45) is 14.7. The molecule has 32 heavy (non-hydrogen) atoms. The quantitative estimate of drug-likeness (QED) is 0.453. The molecule has 0 unspecified atom stereocenters. The number of nitrogens with zero attached hydrogens (tertiary/aromatic N) is 5. The van der Waals surface area contributed by atoms with Crippen LogP contribution in [0.15, 0.2) is 47.2 Å². The number of hydrogen-bond acceptors (Lipinski definition) is 4. The monoisotopic (exact) mass is 453 g/mol. The molecule has 0 N–H and O–H groups in total. The molecule has 0 bridgehead atoms. The normalized spacial score (nSPS) is 20.7. The van der Waals surface area contributed by atoms with Crippen molar-refractivity contribution in [1.29, 1.82) is 0 Å². The van der Waals surface area contributed by atoms with E-state index in [1.165, 1.54) is 18.9 Å². The maximum absolute atomic E-state index is 13.1. The molecule has 0 saturated carbocycles. The van der Waals surface area contributed by atoms with E-state index in [0.29, 0.717) is 11.6 Å². The van der Waals surface area contributed by atoms with Gasteiger partial charge in [-0.2, -0.15) is 5.10 Å². The first-order chi connectivity index (χ1) is 15.5. The first kappa shape index (κ1) is 22.6. The zero-order valence-electron chi connectivity index (χ0n) is 19.2. The van der Waals surface area contributed by atoms with Gasteiger partial charge in [0.25, 0.3) is 0 Å². The summed E-state index contributed by atoms with van der Waals surface area (Å²) < 4.78 is 1.85. The van der Waals surface area contributed by atoms with Crippen molar-refractivity contribution in [2.45, 2.75) is 58.9 Å². The van der Waals surface area contributed by atoms with Gasteiger partial charge in [0, 0.05) is 48.6 Å². The van der Waals surface area contributed by atoms with Crippen LogP contribution in [0.3, 0.4) is 0 Å². The maximum atomic E-state index is 13.1. The molecule has 2 aromatic heterocycles. The van der Waals surface area contributed by atoms with Crippen LogP contribution in [0.1, 0.15) is 63.3 Å². The van der Waals surface area contributed by atoms with Crippen LogP contribution in [0.25, 0.3) is 5.65 Å². The molecule has 1 atom stereocenters. The minimum absolute atomic E-state index is 0.0603. The maximum Gasteiger partial charge on any atom is 0.248 e. The number of anilines is 1. The molecule has 2 aliphatic rings. The van der Waals surface area contributed by atoms with Crippen LogP contribution in [0, 0.1) is 6.92 Å². The second-order valence-corrected chi connectivity index (χ2v) is 9.21. The Kier molecular flexibility index (Phi) is 6.99. The number of hydrogen-bond donors (Lipinski definition) is 0. The molecule has 7 heteroatoms. The average molecular weight is 454 g/mol. The Hall–Kier alpha value is -2.60. The Balaban J connectivity index is 1.60.